The predicted molar refractivity (Wildman–Crippen MR) is 80.1 cm³/mol. The van der Waals surface area contributed by atoms with Gasteiger partial charge in [0.2, 0.25) is 0 Å². The molecule has 0 heterocycles. The maximum atomic E-state index is 9.82. The van der Waals surface area contributed by atoms with Crippen LogP contribution in [-0.4, -0.2) is 24.4 Å². The Bertz CT molecular complexity index is 460. The van der Waals surface area contributed by atoms with Gasteiger partial charge in [-0.25, -0.2) is 0 Å². The summed E-state index contributed by atoms with van der Waals surface area (Å²) in [4.78, 5) is 0. The summed E-state index contributed by atoms with van der Waals surface area (Å²) < 4.78 is 5.33. The van der Waals surface area contributed by atoms with E-state index in [9.17, 15) is 5.11 Å². The zero-order valence-corrected chi connectivity index (χ0v) is 12.3. The molecule has 3 rings (SSSR count). The highest BCUT2D eigenvalue weighted by Crippen LogP contribution is 2.33. The van der Waals surface area contributed by atoms with Gasteiger partial charge < -0.3 is 15.2 Å². The molecule has 0 aromatic heterocycles. The third-order valence-corrected chi connectivity index (χ3v) is 4.75. The number of nitrogens with one attached hydrogen (secondary N) is 1. The van der Waals surface area contributed by atoms with Crippen molar-refractivity contribution in [3.8, 4) is 5.75 Å². The number of ether oxygens (including phenoxy) is 1. The summed E-state index contributed by atoms with van der Waals surface area (Å²) in [6, 6.07) is 7.37. The van der Waals surface area contributed by atoms with Crippen molar-refractivity contribution in [2.24, 2.45) is 0 Å². The van der Waals surface area contributed by atoms with Gasteiger partial charge in [0.05, 0.1) is 13.2 Å². The van der Waals surface area contributed by atoms with Gasteiger partial charge in [-0.2, -0.15) is 0 Å². The number of fused-ring (bicyclic) bond motifs is 1. The van der Waals surface area contributed by atoms with Gasteiger partial charge in [0.25, 0.3) is 0 Å². The average molecular weight is 275 g/mol. The fourth-order valence-electron chi connectivity index (χ4n) is 3.69. The standard InChI is InChI=1S/C17H25NO2/c1-20-15-8-9-16-12(10-15)4-2-7-17(16)18-13-5-3-6-14(19)11-13/h8-10,13-14,17-19H,2-7,11H2,1H3. The van der Waals surface area contributed by atoms with Crippen LogP contribution in [0.1, 0.15) is 55.7 Å². The maximum absolute atomic E-state index is 9.82. The van der Waals surface area contributed by atoms with E-state index in [-0.39, 0.29) is 6.10 Å². The van der Waals surface area contributed by atoms with Crippen LogP contribution in [0.15, 0.2) is 18.2 Å². The lowest BCUT2D eigenvalue weighted by Crippen LogP contribution is -2.39. The molecule has 1 saturated carbocycles. The van der Waals surface area contributed by atoms with E-state index in [2.05, 4.69) is 23.5 Å². The normalized spacial score (nSPS) is 29.8. The molecule has 0 saturated heterocycles. The highest BCUT2D eigenvalue weighted by molar-refractivity contribution is 5.39. The minimum Gasteiger partial charge on any atom is -0.497 e. The molecule has 0 amide bonds. The first kappa shape index (κ1) is 13.9. The number of benzene rings is 1. The Morgan fingerprint density at radius 1 is 1.20 bits per heavy atom. The zero-order chi connectivity index (χ0) is 13.9. The van der Waals surface area contributed by atoms with Gasteiger partial charge in [0.1, 0.15) is 5.75 Å². The Hall–Kier alpha value is -1.06. The zero-order valence-electron chi connectivity index (χ0n) is 12.3. The smallest absolute Gasteiger partial charge is 0.119 e. The highest BCUT2D eigenvalue weighted by atomic mass is 16.5. The van der Waals surface area contributed by atoms with Crippen LogP contribution in [0.25, 0.3) is 0 Å². The molecule has 0 radical (unpaired) electrons. The van der Waals surface area contributed by atoms with Crippen molar-refractivity contribution in [1.29, 1.82) is 0 Å². The molecule has 0 bridgehead atoms. The van der Waals surface area contributed by atoms with E-state index in [4.69, 9.17) is 4.74 Å². The molecule has 3 unspecified atom stereocenters. The Kier molecular flexibility index (Phi) is 4.27. The average Bonchev–Trinajstić information content (AvgIpc) is 2.47. The molecule has 0 spiro atoms. The van der Waals surface area contributed by atoms with E-state index in [1.807, 2.05) is 0 Å². The van der Waals surface area contributed by atoms with Crippen molar-refractivity contribution in [2.75, 3.05) is 7.11 Å². The molecule has 3 atom stereocenters. The summed E-state index contributed by atoms with van der Waals surface area (Å²) in [5.74, 6) is 0.956. The predicted octanol–water partition coefficient (Wildman–Crippen LogP) is 2.97. The fourth-order valence-corrected chi connectivity index (χ4v) is 3.69. The highest BCUT2D eigenvalue weighted by Gasteiger charge is 2.26. The molecule has 2 N–H and O–H groups in total. The quantitative estimate of drug-likeness (QED) is 0.891. The van der Waals surface area contributed by atoms with Gasteiger partial charge in [0.15, 0.2) is 0 Å². The van der Waals surface area contributed by atoms with E-state index >= 15 is 0 Å². The number of methoxy groups -OCH3 is 1. The molecule has 110 valence electrons. The van der Waals surface area contributed by atoms with Crippen LogP contribution in [-0.2, 0) is 6.42 Å². The molecule has 1 aromatic rings. The van der Waals surface area contributed by atoms with Crippen molar-refractivity contribution in [1.82, 2.24) is 5.32 Å². The second-order valence-electron chi connectivity index (χ2n) is 6.19. The molecule has 2 aliphatic rings. The largest absolute Gasteiger partial charge is 0.497 e. The maximum Gasteiger partial charge on any atom is 0.119 e. The Morgan fingerprint density at radius 3 is 2.90 bits per heavy atom. The second-order valence-corrected chi connectivity index (χ2v) is 6.19. The minimum atomic E-state index is -0.111. The Labute approximate surface area is 121 Å². The van der Waals surface area contributed by atoms with Crippen molar-refractivity contribution in [3.05, 3.63) is 29.3 Å². The molecular weight excluding hydrogens is 250 g/mol. The fraction of sp³-hybridized carbons (Fsp3) is 0.647. The summed E-state index contributed by atoms with van der Waals surface area (Å²) in [5, 5.41) is 13.6. The molecule has 1 fully saturated rings. The van der Waals surface area contributed by atoms with E-state index in [1.54, 1.807) is 7.11 Å². The van der Waals surface area contributed by atoms with E-state index in [0.717, 1.165) is 31.4 Å². The molecular formula is C17H25NO2. The van der Waals surface area contributed by atoms with Crippen LogP contribution in [0.5, 0.6) is 5.75 Å². The van der Waals surface area contributed by atoms with E-state index in [1.165, 1.54) is 30.4 Å². The van der Waals surface area contributed by atoms with Crippen LogP contribution >= 0.6 is 0 Å². The number of aryl methyl sites for hydroxylation is 1. The first-order valence-corrected chi connectivity index (χ1v) is 7.87. The molecule has 20 heavy (non-hydrogen) atoms. The van der Waals surface area contributed by atoms with Crippen LogP contribution in [0.2, 0.25) is 0 Å². The Balaban J connectivity index is 1.72. The number of rotatable bonds is 3. The van der Waals surface area contributed by atoms with Crippen molar-refractivity contribution in [3.63, 3.8) is 0 Å². The number of hydrogen-bond donors (Lipinski definition) is 2. The molecule has 3 nitrogen and oxygen atoms in total. The lowest BCUT2D eigenvalue weighted by atomic mass is 9.85. The first-order valence-electron chi connectivity index (χ1n) is 7.87. The number of aliphatic hydroxyl groups is 1. The topological polar surface area (TPSA) is 41.5 Å². The molecule has 2 aliphatic carbocycles. The molecule has 0 aliphatic heterocycles. The third kappa shape index (κ3) is 2.99. The summed E-state index contributed by atoms with van der Waals surface area (Å²) in [6.07, 6.45) is 7.68. The minimum absolute atomic E-state index is 0.111. The van der Waals surface area contributed by atoms with Crippen LogP contribution in [0.3, 0.4) is 0 Å². The number of aliphatic hydroxyl groups excluding tert-OH is 1. The van der Waals surface area contributed by atoms with Gasteiger partial charge in [-0.05, 0) is 68.2 Å². The van der Waals surface area contributed by atoms with E-state index in [0.29, 0.717) is 12.1 Å². The summed E-state index contributed by atoms with van der Waals surface area (Å²) >= 11 is 0. The SMILES string of the molecule is COc1ccc2c(c1)CCCC2NC1CCCC(O)C1. The van der Waals surface area contributed by atoms with Crippen molar-refractivity contribution < 1.29 is 9.84 Å². The van der Waals surface area contributed by atoms with Crippen LogP contribution in [0, 0.1) is 0 Å². The third-order valence-electron chi connectivity index (χ3n) is 4.75. The van der Waals surface area contributed by atoms with Gasteiger partial charge in [0, 0.05) is 12.1 Å². The lowest BCUT2D eigenvalue weighted by Gasteiger charge is -2.34. The van der Waals surface area contributed by atoms with Gasteiger partial charge >= 0.3 is 0 Å². The molecule has 3 heteroatoms. The summed E-state index contributed by atoms with van der Waals surface area (Å²) in [6.45, 7) is 0. The lowest BCUT2D eigenvalue weighted by molar-refractivity contribution is 0.107. The van der Waals surface area contributed by atoms with Crippen molar-refractivity contribution >= 4 is 0 Å². The first-order chi connectivity index (χ1) is 9.76. The monoisotopic (exact) mass is 275 g/mol. The Morgan fingerprint density at radius 2 is 2.10 bits per heavy atom. The van der Waals surface area contributed by atoms with Crippen molar-refractivity contribution in [2.45, 2.75) is 63.1 Å². The van der Waals surface area contributed by atoms with Crippen LogP contribution in [0.4, 0.5) is 0 Å². The number of hydrogen-bond acceptors (Lipinski definition) is 3. The summed E-state index contributed by atoms with van der Waals surface area (Å²) in [7, 11) is 1.73. The summed E-state index contributed by atoms with van der Waals surface area (Å²) in [5.41, 5.74) is 2.85. The van der Waals surface area contributed by atoms with E-state index < -0.39 is 0 Å². The van der Waals surface area contributed by atoms with Gasteiger partial charge in [-0.1, -0.05) is 6.07 Å². The van der Waals surface area contributed by atoms with Crippen LogP contribution < -0.4 is 10.1 Å². The molecule has 1 aromatic carbocycles. The van der Waals surface area contributed by atoms with Gasteiger partial charge in [-0.15, -0.1) is 0 Å². The second kappa shape index (κ2) is 6.15. The van der Waals surface area contributed by atoms with Gasteiger partial charge in [-0.3, -0.25) is 0 Å².